The van der Waals surface area contributed by atoms with E-state index in [0.717, 1.165) is 6.42 Å². The van der Waals surface area contributed by atoms with Gasteiger partial charge < -0.3 is 0 Å². The molecule has 0 heteroatoms. The van der Waals surface area contributed by atoms with Gasteiger partial charge in [-0.3, -0.25) is 0 Å². The summed E-state index contributed by atoms with van der Waals surface area (Å²) in [6.07, 6.45) is 6.29. The lowest BCUT2D eigenvalue weighted by molar-refractivity contribution is 0.421. The van der Waals surface area contributed by atoms with Crippen molar-refractivity contribution in [2.24, 2.45) is 0 Å². The van der Waals surface area contributed by atoms with E-state index in [-0.39, 0.29) is 10.8 Å². The molecule has 0 N–H and O–H groups in total. The first-order valence-electron chi connectivity index (χ1n) is 27.2. The summed E-state index contributed by atoms with van der Waals surface area (Å²) in [5.41, 5.74) is 29.3. The van der Waals surface area contributed by atoms with E-state index in [4.69, 9.17) is 0 Å². The van der Waals surface area contributed by atoms with Crippen molar-refractivity contribution in [3.8, 4) is 66.8 Å². The summed E-state index contributed by atoms with van der Waals surface area (Å²) >= 11 is 0. The van der Waals surface area contributed by atoms with Crippen LogP contribution in [-0.4, -0.2) is 0 Å². The predicted molar refractivity (Wildman–Crippen MR) is 319 cm³/mol. The van der Waals surface area contributed by atoms with Gasteiger partial charge in [-0.05, 0) is 175 Å². The molecule has 0 amide bonds. The van der Waals surface area contributed by atoms with E-state index in [9.17, 15) is 0 Å². The zero-order valence-corrected chi connectivity index (χ0v) is 44.8. The standard InChI is InChI=1S/C33H32.C22H20.C19H18/c1-21-15-17-27-28-18-16-24(20-31(28)33(3,4)30(27)19-21)26-13-8-14-29(32(26)23-10-7-11-23)25-12-6-5-9-22(25)2;1-15-9-11-18-19-12-10-17(16-7-5-4-6-8-16)14-21(19)22(2,3)20(18)13-15;1-2-8-15-13-14-18(16-9-4-3-5-10-16)19-12-7-6-11-17(15)19/h5-6,8-9,12-20,23H,7,10-11H2,1-4H3;4-14H,1-3H3;3-7,9-14H,2,8H2,1H3. The summed E-state index contributed by atoms with van der Waals surface area (Å²) in [7, 11) is 0. The fraction of sp³-hybridized carbons (Fsp3) is 0.216. The maximum Gasteiger partial charge on any atom is 0.0159 e. The fourth-order valence-electron chi connectivity index (χ4n) is 12.5. The van der Waals surface area contributed by atoms with E-state index in [1.807, 2.05) is 0 Å². The topological polar surface area (TPSA) is 0 Å². The third-order valence-electron chi connectivity index (χ3n) is 16.8. The van der Waals surface area contributed by atoms with Crippen LogP contribution in [0.25, 0.3) is 77.5 Å². The van der Waals surface area contributed by atoms with Crippen molar-refractivity contribution in [3.05, 3.63) is 262 Å². The first-order valence-corrected chi connectivity index (χ1v) is 27.2. The van der Waals surface area contributed by atoms with E-state index in [0.29, 0.717) is 5.92 Å². The number of aryl methyl sites for hydroxylation is 4. The molecule has 10 aromatic rings. The number of benzene rings is 10. The van der Waals surface area contributed by atoms with Crippen molar-refractivity contribution < 1.29 is 0 Å². The molecule has 0 radical (unpaired) electrons. The quantitative estimate of drug-likeness (QED) is 0.149. The lowest BCUT2D eigenvalue weighted by Gasteiger charge is -2.31. The summed E-state index contributed by atoms with van der Waals surface area (Å²) in [6.45, 7) is 18.3. The molecule has 0 bridgehead atoms. The van der Waals surface area contributed by atoms with Gasteiger partial charge in [0, 0.05) is 10.8 Å². The van der Waals surface area contributed by atoms with Gasteiger partial charge >= 0.3 is 0 Å². The number of fused-ring (bicyclic) bond motifs is 7. The van der Waals surface area contributed by atoms with Crippen LogP contribution in [0, 0.1) is 20.8 Å². The Labute approximate surface area is 441 Å². The monoisotopic (exact) mass is 959 g/mol. The number of hydrogen-bond donors (Lipinski definition) is 0. The second kappa shape index (κ2) is 20.1. The highest BCUT2D eigenvalue weighted by atomic mass is 14.4. The van der Waals surface area contributed by atoms with Crippen LogP contribution in [0.15, 0.2) is 212 Å². The van der Waals surface area contributed by atoms with Gasteiger partial charge in [-0.15, -0.1) is 0 Å². The molecule has 0 aromatic heterocycles. The zero-order valence-electron chi connectivity index (χ0n) is 44.8. The van der Waals surface area contributed by atoms with E-state index >= 15 is 0 Å². The Balaban J connectivity index is 0.000000125. The van der Waals surface area contributed by atoms with Crippen LogP contribution in [0.4, 0.5) is 0 Å². The molecule has 3 aliphatic rings. The van der Waals surface area contributed by atoms with Gasteiger partial charge in [-0.25, -0.2) is 0 Å². The minimum Gasteiger partial charge on any atom is -0.0651 e. The Morgan fingerprint density at radius 3 is 1.42 bits per heavy atom. The first kappa shape index (κ1) is 48.7. The van der Waals surface area contributed by atoms with Crippen LogP contribution in [0.1, 0.15) is 116 Å². The maximum atomic E-state index is 2.49. The molecule has 0 atom stereocenters. The van der Waals surface area contributed by atoms with Gasteiger partial charge in [-0.2, -0.15) is 0 Å². The molecule has 3 aliphatic carbocycles. The molecular weight excluding hydrogens is 889 g/mol. The Hall–Kier alpha value is -7.54. The molecule has 0 unspecified atom stereocenters. The smallest absolute Gasteiger partial charge is 0.0159 e. The van der Waals surface area contributed by atoms with Crippen molar-refractivity contribution in [2.45, 2.75) is 104 Å². The van der Waals surface area contributed by atoms with Gasteiger partial charge in [-0.1, -0.05) is 259 Å². The molecule has 0 aliphatic heterocycles. The minimum absolute atomic E-state index is 0.0248. The van der Waals surface area contributed by atoms with Gasteiger partial charge in [0.15, 0.2) is 0 Å². The van der Waals surface area contributed by atoms with E-state index in [1.165, 1.54) is 148 Å². The van der Waals surface area contributed by atoms with Crippen LogP contribution in [0.5, 0.6) is 0 Å². The highest BCUT2D eigenvalue weighted by Crippen LogP contribution is 2.53. The highest BCUT2D eigenvalue weighted by Gasteiger charge is 2.37. The Morgan fingerprint density at radius 1 is 0.365 bits per heavy atom. The lowest BCUT2D eigenvalue weighted by Crippen LogP contribution is -2.15. The Kier molecular flexibility index (Phi) is 13.2. The second-order valence-electron chi connectivity index (χ2n) is 22.4. The van der Waals surface area contributed by atoms with Gasteiger partial charge in [0.1, 0.15) is 0 Å². The van der Waals surface area contributed by atoms with E-state index in [1.54, 1.807) is 5.56 Å². The van der Waals surface area contributed by atoms with Crippen molar-refractivity contribution in [1.29, 1.82) is 0 Å². The largest absolute Gasteiger partial charge is 0.0651 e. The van der Waals surface area contributed by atoms with E-state index in [2.05, 4.69) is 268 Å². The summed E-state index contributed by atoms with van der Waals surface area (Å²) in [4.78, 5) is 0. The SMILES string of the molecule is CCCc1ccc(-c2ccccc2)c2ccccc12.Cc1ccc2c(c1)C(C)(C)c1cc(-c3cccc(-c4ccccc4C)c3C3CCC3)ccc1-2.Cc1ccc2c(c1)C(C)(C)c1cc(-c3ccccc3)ccc1-2. The molecule has 74 heavy (non-hydrogen) atoms. The predicted octanol–water partition coefficient (Wildman–Crippen LogP) is 20.6. The third-order valence-corrected chi connectivity index (χ3v) is 16.8. The van der Waals surface area contributed by atoms with Crippen LogP contribution < -0.4 is 0 Å². The Morgan fingerprint density at radius 2 is 0.838 bits per heavy atom. The summed E-state index contributed by atoms with van der Waals surface area (Å²) in [6, 6.07) is 78.3. The van der Waals surface area contributed by atoms with Crippen molar-refractivity contribution in [1.82, 2.24) is 0 Å². The number of hydrogen-bond acceptors (Lipinski definition) is 0. The van der Waals surface area contributed by atoms with Gasteiger partial charge in [0.2, 0.25) is 0 Å². The van der Waals surface area contributed by atoms with Gasteiger partial charge in [0.05, 0.1) is 0 Å². The Bertz CT molecular complexity index is 3670. The molecule has 10 aromatic carbocycles. The van der Waals surface area contributed by atoms with Crippen LogP contribution in [0.2, 0.25) is 0 Å². The maximum absolute atomic E-state index is 2.49. The molecular formula is C74H70. The normalized spacial score (nSPS) is 14.3. The minimum atomic E-state index is 0.0248. The second-order valence-corrected chi connectivity index (χ2v) is 22.4. The third kappa shape index (κ3) is 8.93. The molecule has 0 saturated heterocycles. The van der Waals surface area contributed by atoms with Crippen molar-refractivity contribution in [3.63, 3.8) is 0 Å². The highest BCUT2D eigenvalue weighted by molar-refractivity contribution is 5.98. The summed E-state index contributed by atoms with van der Waals surface area (Å²) in [5, 5.41) is 2.75. The molecule has 1 saturated carbocycles. The van der Waals surface area contributed by atoms with E-state index < -0.39 is 0 Å². The summed E-state index contributed by atoms with van der Waals surface area (Å²) in [5.74, 6) is 0.664. The summed E-state index contributed by atoms with van der Waals surface area (Å²) < 4.78 is 0. The first-order chi connectivity index (χ1) is 35.9. The van der Waals surface area contributed by atoms with Crippen molar-refractivity contribution >= 4 is 10.8 Å². The number of rotatable bonds is 7. The molecule has 1 fully saturated rings. The van der Waals surface area contributed by atoms with Gasteiger partial charge in [0.25, 0.3) is 0 Å². The zero-order chi connectivity index (χ0) is 51.1. The average molecular weight is 959 g/mol. The fourth-order valence-corrected chi connectivity index (χ4v) is 12.5. The molecule has 0 heterocycles. The molecule has 0 nitrogen and oxygen atoms in total. The molecule has 366 valence electrons. The average Bonchev–Trinajstić information content (AvgIpc) is 3.77. The molecule has 0 spiro atoms. The lowest BCUT2D eigenvalue weighted by atomic mass is 9.73. The van der Waals surface area contributed by atoms with Crippen LogP contribution in [0.3, 0.4) is 0 Å². The van der Waals surface area contributed by atoms with Crippen LogP contribution >= 0.6 is 0 Å². The van der Waals surface area contributed by atoms with Crippen LogP contribution in [-0.2, 0) is 17.3 Å². The molecule has 13 rings (SSSR count). The van der Waals surface area contributed by atoms with Crippen molar-refractivity contribution in [2.75, 3.05) is 0 Å².